The van der Waals surface area contributed by atoms with Crippen LogP contribution in [0.5, 0.6) is 0 Å². The van der Waals surface area contributed by atoms with Gasteiger partial charge in [0.15, 0.2) is 16.6 Å². The summed E-state index contributed by atoms with van der Waals surface area (Å²) in [5, 5.41) is 16.6. The van der Waals surface area contributed by atoms with Gasteiger partial charge in [-0.1, -0.05) is 5.16 Å². The lowest BCUT2D eigenvalue weighted by molar-refractivity contribution is -0.220. The number of carboxylic acid groups (broad SMARTS) is 1. The lowest BCUT2D eigenvalue weighted by atomic mass is 9.84. The molecule has 14 nitrogen and oxygen atoms in total. The molecule has 0 aliphatic carbocycles. The zero-order valence-electron chi connectivity index (χ0n) is 18.3. The number of ether oxygens (including phenoxy) is 1. The molecule has 0 unspecified atom stereocenters. The maximum absolute atomic E-state index is 13.1. The van der Waals surface area contributed by atoms with E-state index in [2.05, 4.69) is 15.5 Å². The summed E-state index contributed by atoms with van der Waals surface area (Å²) in [5.74, 6) is -6.24. The van der Waals surface area contributed by atoms with Crippen molar-refractivity contribution >= 4 is 62.5 Å². The summed E-state index contributed by atoms with van der Waals surface area (Å²) in [7, 11) is -1.72. The zero-order chi connectivity index (χ0) is 25.5. The highest BCUT2D eigenvalue weighted by molar-refractivity contribution is 7.85. The first-order valence-corrected chi connectivity index (χ1v) is 12.7. The number of hydrogen-bond acceptors (Lipinski definition) is 12. The van der Waals surface area contributed by atoms with Crippen LogP contribution in [-0.2, 0) is 44.3 Å². The molecule has 5 atom stereocenters. The molecule has 1 aromatic heterocycles. The third-order valence-electron chi connectivity index (χ3n) is 5.85. The van der Waals surface area contributed by atoms with Crippen LogP contribution >= 0.6 is 11.3 Å². The number of fused-ring (bicyclic) bond motifs is 3. The van der Waals surface area contributed by atoms with Crippen molar-refractivity contribution in [3.8, 4) is 0 Å². The number of carboxylic acids is 1. The average Bonchev–Trinajstić information content (AvgIpc) is 3.35. The van der Waals surface area contributed by atoms with Gasteiger partial charge in [-0.2, -0.15) is 0 Å². The molecule has 4 N–H and O–H groups in total. The van der Waals surface area contributed by atoms with E-state index in [4.69, 9.17) is 15.3 Å². The number of Topliss-reactive ketones (excluding diaryl/α,β-unsaturated/α-hetero) is 1. The van der Waals surface area contributed by atoms with Crippen molar-refractivity contribution in [3.05, 3.63) is 11.1 Å². The minimum absolute atomic E-state index is 0.0490. The van der Waals surface area contributed by atoms with E-state index < -0.39 is 63.8 Å². The van der Waals surface area contributed by atoms with E-state index in [1.54, 1.807) is 0 Å². The Morgan fingerprint density at radius 3 is 2.83 bits per heavy atom. The molecular formula is C19H21N5O9S2. The number of thiazole rings is 1. The number of anilines is 1. The third kappa shape index (κ3) is 4.27. The van der Waals surface area contributed by atoms with E-state index >= 15 is 0 Å². The van der Waals surface area contributed by atoms with Crippen molar-refractivity contribution in [3.63, 3.8) is 0 Å². The predicted molar refractivity (Wildman–Crippen MR) is 119 cm³/mol. The topological polar surface area (TPSA) is 208 Å². The van der Waals surface area contributed by atoms with Crippen LogP contribution in [0, 0.1) is 11.8 Å². The lowest BCUT2D eigenvalue weighted by Gasteiger charge is -2.56. The summed E-state index contributed by atoms with van der Waals surface area (Å²) in [6, 6.07) is 0. The maximum atomic E-state index is 13.1. The molecule has 0 bridgehead atoms. The average molecular weight is 528 g/mol. The second-order valence-corrected chi connectivity index (χ2v) is 10.6. The highest BCUT2D eigenvalue weighted by Gasteiger charge is 2.72. The van der Waals surface area contributed by atoms with E-state index in [9.17, 15) is 33.3 Å². The minimum atomic E-state index is -2.22. The van der Waals surface area contributed by atoms with Crippen molar-refractivity contribution in [2.45, 2.75) is 30.9 Å². The normalized spacial score (nSPS) is 29.5. The van der Waals surface area contributed by atoms with Gasteiger partial charge in [0.25, 0.3) is 5.72 Å². The van der Waals surface area contributed by atoms with Crippen LogP contribution in [0.1, 0.15) is 25.5 Å². The van der Waals surface area contributed by atoms with Gasteiger partial charge in [0, 0.05) is 35.3 Å². The van der Waals surface area contributed by atoms with Gasteiger partial charge in [0.1, 0.15) is 17.7 Å². The molecule has 35 heavy (non-hydrogen) atoms. The second-order valence-electron chi connectivity index (χ2n) is 8.08. The second kappa shape index (κ2) is 9.33. The number of carbonyl (C=O) groups excluding carboxylic acids is 4. The Balaban J connectivity index is 1.53. The van der Waals surface area contributed by atoms with Crippen molar-refractivity contribution in [2.24, 2.45) is 17.0 Å². The Bertz CT molecular complexity index is 1170. The monoisotopic (exact) mass is 527 g/mol. The fourth-order valence-electron chi connectivity index (χ4n) is 4.36. The van der Waals surface area contributed by atoms with Crippen LogP contribution in [0.3, 0.4) is 0 Å². The number of aliphatic carboxylic acids is 1. The number of hydrogen-bond donors (Lipinski definition) is 3. The summed E-state index contributed by atoms with van der Waals surface area (Å²) in [5.41, 5.74) is 3.31. The molecule has 16 heteroatoms. The first kappa shape index (κ1) is 24.7. The molecule has 0 saturated carbocycles. The number of carbonyl (C=O) groups is 5. The molecular weight excluding hydrogens is 506 g/mol. The number of nitrogens with zero attached hydrogens (tertiary/aromatic N) is 3. The molecule has 3 aliphatic rings. The number of nitrogens with one attached hydrogen (secondary N) is 1. The Morgan fingerprint density at radius 1 is 1.46 bits per heavy atom. The standard InChI is InChI=1S/C19H21N5O9S2/c1-8(25)21-2-3-32-23-14(11-6-34-18(20)22-11)12(26)5-10-15(28)24-16(10)35(31)7-9-4-13(27)33-19(9,24)17(29)30/h6,9-10,16H,2-5,7H2,1H3,(H2,20,22)(H,21,25)(H,29,30)/b23-14-/t9-,10+,16+,19+,35-/m0/s1. The quantitative estimate of drug-likeness (QED) is 0.110. The van der Waals surface area contributed by atoms with Gasteiger partial charge in [0.2, 0.25) is 11.8 Å². The SMILES string of the molecule is CC(=O)NCCO/N=C(\C(=O)C[C@@H]1C(=O)N2[C@@H]1[S@@](=O)C[C@@H]1CC(=O)O[C@@]12C(=O)O)c1csc(N)n1. The van der Waals surface area contributed by atoms with Crippen LogP contribution in [-0.4, -0.2) is 84.5 Å². The van der Waals surface area contributed by atoms with Crippen LogP contribution in [0.15, 0.2) is 10.5 Å². The summed E-state index contributed by atoms with van der Waals surface area (Å²) in [6.07, 6.45) is -0.721. The number of nitrogens with two attached hydrogens (primary N) is 1. The highest BCUT2D eigenvalue weighted by atomic mass is 32.2. The Hall–Kier alpha value is -3.40. The number of amides is 2. The predicted octanol–water partition coefficient (Wildman–Crippen LogP) is -1.57. The van der Waals surface area contributed by atoms with Crippen molar-refractivity contribution < 1.29 is 42.9 Å². The molecule has 2 amide bonds. The first-order valence-electron chi connectivity index (χ1n) is 10.4. The number of β-lactam (4-membered cyclic amide) rings is 1. The van der Waals surface area contributed by atoms with Gasteiger partial charge in [-0.15, -0.1) is 11.3 Å². The van der Waals surface area contributed by atoms with Crippen LogP contribution in [0.25, 0.3) is 0 Å². The van der Waals surface area contributed by atoms with Gasteiger partial charge >= 0.3 is 11.9 Å². The Kier molecular flexibility index (Phi) is 6.59. The Labute approximate surface area is 204 Å². The van der Waals surface area contributed by atoms with Crippen LogP contribution < -0.4 is 11.1 Å². The fraction of sp³-hybridized carbons (Fsp3) is 0.526. The number of aromatic nitrogens is 1. The molecule has 0 radical (unpaired) electrons. The Morgan fingerprint density at radius 2 is 2.20 bits per heavy atom. The van der Waals surface area contributed by atoms with E-state index in [1.165, 1.54) is 12.3 Å². The lowest BCUT2D eigenvalue weighted by Crippen LogP contribution is -2.78. The minimum Gasteiger partial charge on any atom is -0.477 e. The molecule has 4 rings (SSSR count). The largest absolute Gasteiger partial charge is 0.477 e. The molecule has 1 aromatic rings. The highest BCUT2D eigenvalue weighted by Crippen LogP contribution is 2.50. The molecule has 3 fully saturated rings. The molecule has 4 heterocycles. The molecule has 188 valence electrons. The molecule has 0 aromatic carbocycles. The smallest absolute Gasteiger partial charge is 0.370 e. The number of nitrogen functional groups attached to an aromatic ring is 1. The van der Waals surface area contributed by atoms with Gasteiger partial charge in [-0.25, -0.2) is 9.78 Å². The van der Waals surface area contributed by atoms with E-state index in [0.29, 0.717) is 0 Å². The summed E-state index contributed by atoms with van der Waals surface area (Å²) in [6.45, 7) is 1.41. The number of rotatable bonds is 9. The summed E-state index contributed by atoms with van der Waals surface area (Å²) < 4.78 is 18.0. The van der Waals surface area contributed by atoms with Crippen molar-refractivity contribution in [1.82, 2.24) is 15.2 Å². The molecule has 3 saturated heterocycles. The summed E-state index contributed by atoms with van der Waals surface area (Å²) in [4.78, 5) is 71.0. The first-order chi connectivity index (χ1) is 16.6. The van der Waals surface area contributed by atoms with Crippen molar-refractivity contribution in [2.75, 3.05) is 24.6 Å². The van der Waals surface area contributed by atoms with E-state index in [1.807, 2.05) is 0 Å². The fourth-order valence-corrected chi connectivity index (χ4v) is 6.92. The number of oxime groups is 1. The van der Waals surface area contributed by atoms with Crippen LogP contribution in [0.2, 0.25) is 0 Å². The van der Waals surface area contributed by atoms with Crippen LogP contribution in [0.4, 0.5) is 5.13 Å². The number of esters is 1. The zero-order valence-corrected chi connectivity index (χ0v) is 19.9. The van der Waals surface area contributed by atoms with E-state index in [0.717, 1.165) is 16.2 Å². The molecule has 3 aliphatic heterocycles. The third-order valence-corrected chi connectivity index (χ3v) is 8.33. The number of ketones is 1. The summed E-state index contributed by atoms with van der Waals surface area (Å²) >= 11 is 1.05. The van der Waals surface area contributed by atoms with Crippen molar-refractivity contribution in [1.29, 1.82) is 0 Å². The van der Waals surface area contributed by atoms with Gasteiger partial charge < -0.3 is 25.7 Å². The van der Waals surface area contributed by atoms with Gasteiger partial charge in [-0.3, -0.25) is 28.3 Å². The molecule has 0 spiro atoms. The van der Waals surface area contributed by atoms with Gasteiger partial charge in [0.05, 0.1) is 24.8 Å². The maximum Gasteiger partial charge on any atom is 0.370 e. The van der Waals surface area contributed by atoms with E-state index in [-0.39, 0.29) is 47.8 Å². The van der Waals surface area contributed by atoms with Gasteiger partial charge in [-0.05, 0) is 0 Å².